The summed E-state index contributed by atoms with van der Waals surface area (Å²) in [6.45, 7) is 8.14. The van der Waals surface area contributed by atoms with Crippen molar-refractivity contribution in [3.05, 3.63) is 181 Å². The van der Waals surface area contributed by atoms with Crippen LogP contribution in [-0.2, 0) is 0 Å². The minimum Gasteiger partial charge on any atom is -0.465 e. The predicted molar refractivity (Wildman–Crippen MR) is 224 cm³/mol. The van der Waals surface area contributed by atoms with Crippen molar-refractivity contribution in [2.75, 3.05) is 0 Å². The van der Waals surface area contributed by atoms with Gasteiger partial charge in [0.05, 0.1) is 23.3 Å². The van der Waals surface area contributed by atoms with E-state index >= 15 is 0 Å². The van der Waals surface area contributed by atoms with Gasteiger partial charge in [0, 0.05) is 41.7 Å². The first-order valence-electron chi connectivity index (χ1n) is 17.7. The molecule has 0 fully saturated rings. The van der Waals surface area contributed by atoms with Crippen molar-refractivity contribution in [3.8, 4) is 39.1 Å². The number of furan rings is 1. The highest BCUT2D eigenvalue weighted by atomic mass is 32.1. The summed E-state index contributed by atoms with van der Waals surface area (Å²) in [4.78, 5) is 3.95. The molecule has 0 spiro atoms. The van der Waals surface area contributed by atoms with Crippen LogP contribution in [0.25, 0.3) is 108 Å². The number of aromatic nitrogens is 1. The third kappa shape index (κ3) is 4.45. The second-order valence-corrected chi connectivity index (χ2v) is 14.6. The molecule has 0 unspecified atom stereocenters. The standard InChI is InChI=1S/C49H28N2OS/c1-50-40-25-24-35(34-17-11-21-45-46(34)36-16-8-9-20-44(36)53-45)47-37-18-10-19-43(48(37)52-49(40)47)51-41-26-22-32(30-12-4-2-5-13-30)28-38(41)39-29-33(23-27-42(39)51)31-14-6-3-7-15-31/h2-29H. The molecule has 0 N–H and O–H groups in total. The predicted octanol–water partition coefficient (Wildman–Crippen LogP) is 14.6. The molecule has 0 aliphatic rings. The Labute approximate surface area is 309 Å². The summed E-state index contributed by atoms with van der Waals surface area (Å²) in [7, 11) is 0. The van der Waals surface area contributed by atoms with E-state index in [0.29, 0.717) is 11.3 Å². The lowest BCUT2D eigenvalue weighted by Gasteiger charge is -2.10. The van der Waals surface area contributed by atoms with Crippen LogP contribution in [0.15, 0.2) is 174 Å². The zero-order valence-electron chi connectivity index (χ0n) is 28.4. The highest BCUT2D eigenvalue weighted by Crippen LogP contribution is 2.48. The lowest BCUT2D eigenvalue weighted by atomic mass is 9.95. The highest BCUT2D eigenvalue weighted by molar-refractivity contribution is 7.25. The van der Waals surface area contributed by atoms with Gasteiger partial charge in [-0.2, -0.15) is 0 Å². The van der Waals surface area contributed by atoms with Crippen LogP contribution in [0, 0.1) is 6.57 Å². The third-order valence-corrected chi connectivity index (χ3v) is 11.8. The molecule has 8 aromatic carbocycles. The number of nitrogens with zero attached hydrogens (tertiary/aromatic N) is 2. The normalized spacial score (nSPS) is 11.8. The molecule has 0 saturated carbocycles. The van der Waals surface area contributed by atoms with Crippen molar-refractivity contribution in [3.63, 3.8) is 0 Å². The molecular weight excluding hydrogens is 665 g/mol. The molecule has 11 aromatic rings. The van der Waals surface area contributed by atoms with Gasteiger partial charge < -0.3 is 8.98 Å². The monoisotopic (exact) mass is 692 g/mol. The molecule has 3 heterocycles. The van der Waals surface area contributed by atoms with E-state index in [-0.39, 0.29) is 0 Å². The molecule has 0 atom stereocenters. The van der Waals surface area contributed by atoms with Crippen LogP contribution in [0.4, 0.5) is 5.69 Å². The number of hydrogen-bond acceptors (Lipinski definition) is 2. The molecule has 3 nitrogen and oxygen atoms in total. The second-order valence-electron chi connectivity index (χ2n) is 13.5. The summed E-state index contributed by atoms with van der Waals surface area (Å²) in [6.07, 6.45) is 0. The molecule has 0 aliphatic carbocycles. The van der Waals surface area contributed by atoms with Crippen molar-refractivity contribution >= 4 is 80.9 Å². The molecular formula is C49H28N2OS. The van der Waals surface area contributed by atoms with E-state index in [2.05, 4.69) is 173 Å². The number of hydrogen-bond donors (Lipinski definition) is 0. The van der Waals surface area contributed by atoms with E-state index in [1.165, 1.54) is 53.2 Å². The van der Waals surface area contributed by atoms with Crippen LogP contribution in [0.1, 0.15) is 0 Å². The van der Waals surface area contributed by atoms with Crippen molar-refractivity contribution in [1.82, 2.24) is 4.57 Å². The SMILES string of the molecule is [C-]#[N+]c1ccc(-c2cccc3sc4ccccc4c23)c2c1oc1c(-n3c4ccc(-c5ccccc5)cc4c4cc(-c5ccccc5)ccc43)cccc12. The Morgan fingerprint density at radius 2 is 1.06 bits per heavy atom. The van der Waals surface area contributed by atoms with E-state index < -0.39 is 0 Å². The summed E-state index contributed by atoms with van der Waals surface area (Å²) >= 11 is 1.82. The maximum Gasteiger partial charge on any atom is 0.229 e. The molecule has 0 bridgehead atoms. The summed E-state index contributed by atoms with van der Waals surface area (Å²) in [5.41, 5.74) is 12.0. The zero-order valence-corrected chi connectivity index (χ0v) is 29.2. The lowest BCUT2D eigenvalue weighted by Crippen LogP contribution is -1.94. The maximum absolute atomic E-state index is 8.14. The van der Waals surface area contributed by atoms with E-state index in [9.17, 15) is 0 Å². The van der Waals surface area contributed by atoms with Gasteiger partial charge in [-0.05, 0) is 75.8 Å². The fourth-order valence-corrected chi connectivity index (χ4v) is 9.40. The molecule has 53 heavy (non-hydrogen) atoms. The number of para-hydroxylation sites is 1. The first-order valence-corrected chi connectivity index (χ1v) is 18.5. The largest absolute Gasteiger partial charge is 0.465 e. The van der Waals surface area contributed by atoms with E-state index in [0.717, 1.165) is 44.2 Å². The Morgan fingerprint density at radius 3 is 1.75 bits per heavy atom. The topological polar surface area (TPSA) is 22.4 Å². The van der Waals surface area contributed by atoms with Gasteiger partial charge in [0.25, 0.3) is 0 Å². The Hall–Kier alpha value is -6.93. The van der Waals surface area contributed by atoms with Gasteiger partial charge >= 0.3 is 0 Å². The van der Waals surface area contributed by atoms with Crippen molar-refractivity contribution in [2.45, 2.75) is 0 Å². The highest BCUT2D eigenvalue weighted by Gasteiger charge is 2.23. The molecule has 0 saturated heterocycles. The first-order chi connectivity index (χ1) is 26.2. The Bertz CT molecular complexity index is 3190. The molecule has 0 radical (unpaired) electrons. The molecule has 11 rings (SSSR count). The first kappa shape index (κ1) is 29.8. The average molecular weight is 693 g/mol. The van der Waals surface area contributed by atoms with E-state index in [1.807, 2.05) is 17.4 Å². The van der Waals surface area contributed by atoms with Crippen LogP contribution in [0.3, 0.4) is 0 Å². The molecule has 3 aromatic heterocycles. The Morgan fingerprint density at radius 1 is 0.453 bits per heavy atom. The van der Waals surface area contributed by atoms with E-state index in [4.69, 9.17) is 11.0 Å². The number of benzene rings is 8. The van der Waals surface area contributed by atoms with Crippen molar-refractivity contribution in [1.29, 1.82) is 0 Å². The van der Waals surface area contributed by atoms with Crippen LogP contribution < -0.4 is 0 Å². The summed E-state index contributed by atoms with van der Waals surface area (Å²) in [5, 5.41) is 6.79. The van der Waals surface area contributed by atoms with Crippen LogP contribution in [-0.4, -0.2) is 4.57 Å². The fourth-order valence-electron chi connectivity index (χ4n) is 8.26. The third-order valence-electron chi connectivity index (χ3n) is 10.6. The minimum atomic E-state index is 0.510. The van der Waals surface area contributed by atoms with Crippen LogP contribution >= 0.6 is 11.3 Å². The maximum atomic E-state index is 8.14. The van der Waals surface area contributed by atoms with Gasteiger partial charge in [0.15, 0.2) is 5.58 Å². The van der Waals surface area contributed by atoms with Crippen LogP contribution in [0.5, 0.6) is 0 Å². The number of fused-ring (bicyclic) bond motifs is 9. The second kappa shape index (κ2) is 11.5. The summed E-state index contributed by atoms with van der Waals surface area (Å²) in [5.74, 6) is 0. The van der Waals surface area contributed by atoms with Crippen molar-refractivity contribution < 1.29 is 4.42 Å². The van der Waals surface area contributed by atoms with Crippen LogP contribution in [0.2, 0.25) is 0 Å². The smallest absolute Gasteiger partial charge is 0.229 e. The average Bonchev–Trinajstić information content (AvgIpc) is 3.91. The van der Waals surface area contributed by atoms with Gasteiger partial charge in [-0.3, -0.25) is 0 Å². The molecule has 4 heteroatoms. The zero-order chi connectivity index (χ0) is 35.0. The van der Waals surface area contributed by atoms with Gasteiger partial charge in [0.1, 0.15) is 5.58 Å². The van der Waals surface area contributed by atoms with Gasteiger partial charge in [-0.15, -0.1) is 11.3 Å². The Kier molecular flexibility index (Phi) is 6.48. The van der Waals surface area contributed by atoms with Gasteiger partial charge in [-0.25, -0.2) is 4.85 Å². The Balaban J connectivity index is 1.22. The number of thiophene rings is 1. The lowest BCUT2D eigenvalue weighted by molar-refractivity contribution is 0.668. The quantitative estimate of drug-likeness (QED) is 0.168. The summed E-state index contributed by atoms with van der Waals surface area (Å²) in [6, 6.07) is 60.2. The fraction of sp³-hybridized carbons (Fsp3) is 0. The minimum absolute atomic E-state index is 0.510. The van der Waals surface area contributed by atoms with Gasteiger partial charge in [-0.1, -0.05) is 127 Å². The molecule has 0 amide bonds. The van der Waals surface area contributed by atoms with E-state index in [1.54, 1.807) is 0 Å². The van der Waals surface area contributed by atoms with Crippen molar-refractivity contribution in [2.24, 2.45) is 0 Å². The molecule has 0 aliphatic heterocycles. The van der Waals surface area contributed by atoms with Gasteiger partial charge in [0.2, 0.25) is 5.69 Å². The summed E-state index contributed by atoms with van der Waals surface area (Å²) < 4.78 is 11.8. The molecule has 246 valence electrons. The number of rotatable bonds is 4.